The van der Waals surface area contributed by atoms with Gasteiger partial charge in [-0.3, -0.25) is 9.89 Å². The van der Waals surface area contributed by atoms with Gasteiger partial charge in [-0.2, -0.15) is 5.10 Å². The number of aromatic amines is 1. The van der Waals surface area contributed by atoms with Crippen LogP contribution >= 0.6 is 0 Å². The van der Waals surface area contributed by atoms with Gasteiger partial charge in [0, 0.05) is 49.9 Å². The highest BCUT2D eigenvalue weighted by Gasteiger charge is 2.51. The maximum atomic E-state index is 13.0. The standard InChI is InChI=1S/C19H28N6O2/c1-13(2)9-25-12-20-23-17(25)15-10-24(11-19(15)4-6-27-7-5-19)18(26)16-8-14(3)21-22-16/h8,12-13,15H,4-7,9-11H2,1-3H3,(H,21,22). The smallest absolute Gasteiger partial charge is 0.274 e. The molecule has 1 atom stereocenters. The van der Waals surface area contributed by atoms with E-state index in [1.54, 1.807) is 0 Å². The Balaban J connectivity index is 1.65. The normalized spacial score (nSPS) is 22.1. The number of amides is 1. The molecule has 1 spiro atoms. The number of hydrogen-bond donors (Lipinski definition) is 1. The van der Waals surface area contributed by atoms with Crippen LogP contribution in [0.1, 0.15) is 54.6 Å². The molecule has 0 bridgehead atoms. The van der Waals surface area contributed by atoms with Gasteiger partial charge in [0.25, 0.3) is 5.91 Å². The summed E-state index contributed by atoms with van der Waals surface area (Å²) in [5, 5.41) is 15.7. The van der Waals surface area contributed by atoms with E-state index in [2.05, 4.69) is 38.8 Å². The fraction of sp³-hybridized carbons (Fsp3) is 0.684. The van der Waals surface area contributed by atoms with Crippen LogP contribution in [-0.4, -0.2) is 62.1 Å². The Hall–Kier alpha value is -2.22. The molecule has 2 aliphatic rings. The van der Waals surface area contributed by atoms with Crippen LogP contribution < -0.4 is 0 Å². The third-order valence-electron chi connectivity index (χ3n) is 5.87. The van der Waals surface area contributed by atoms with Crippen molar-refractivity contribution in [2.24, 2.45) is 11.3 Å². The topological polar surface area (TPSA) is 88.9 Å². The van der Waals surface area contributed by atoms with E-state index in [1.807, 2.05) is 24.2 Å². The van der Waals surface area contributed by atoms with Gasteiger partial charge in [-0.15, -0.1) is 10.2 Å². The number of nitrogens with one attached hydrogen (secondary N) is 1. The van der Waals surface area contributed by atoms with Gasteiger partial charge < -0.3 is 14.2 Å². The monoisotopic (exact) mass is 372 g/mol. The average Bonchev–Trinajstić information content (AvgIpc) is 3.34. The van der Waals surface area contributed by atoms with E-state index in [1.165, 1.54) is 0 Å². The first-order chi connectivity index (χ1) is 13.0. The number of aryl methyl sites for hydroxylation is 1. The third kappa shape index (κ3) is 3.38. The summed E-state index contributed by atoms with van der Waals surface area (Å²) < 4.78 is 7.80. The molecule has 1 unspecified atom stereocenters. The molecule has 0 radical (unpaired) electrons. The number of H-pyrrole nitrogens is 1. The van der Waals surface area contributed by atoms with Crippen LogP contribution in [0.3, 0.4) is 0 Å². The highest BCUT2D eigenvalue weighted by molar-refractivity contribution is 5.92. The number of likely N-dealkylation sites (tertiary alicyclic amines) is 1. The number of carbonyl (C=O) groups excluding carboxylic acids is 1. The Morgan fingerprint density at radius 1 is 1.41 bits per heavy atom. The van der Waals surface area contributed by atoms with Crippen LogP contribution in [0.25, 0.3) is 0 Å². The molecular formula is C19H28N6O2. The summed E-state index contributed by atoms with van der Waals surface area (Å²) in [6, 6.07) is 1.81. The Labute approximate surface area is 159 Å². The van der Waals surface area contributed by atoms with Gasteiger partial charge in [-0.1, -0.05) is 13.8 Å². The number of carbonyl (C=O) groups is 1. The molecular weight excluding hydrogens is 344 g/mol. The molecule has 2 aliphatic heterocycles. The van der Waals surface area contributed by atoms with Gasteiger partial charge in [0.15, 0.2) is 0 Å². The minimum atomic E-state index is -0.0114. The first-order valence-corrected chi connectivity index (χ1v) is 9.75. The summed E-state index contributed by atoms with van der Waals surface area (Å²) in [7, 11) is 0. The lowest BCUT2D eigenvalue weighted by atomic mass is 9.71. The molecule has 8 heteroatoms. The van der Waals surface area contributed by atoms with Crippen molar-refractivity contribution in [1.82, 2.24) is 29.9 Å². The van der Waals surface area contributed by atoms with Gasteiger partial charge in [0.2, 0.25) is 0 Å². The van der Waals surface area contributed by atoms with Gasteiger partial charge >= 0.3 is 0 Å². The van der Waals surface area contributed by atoms with Crippen molar-refractivity contribution >= 4 is 5.91 Å². The number of hydrogen-bond acceptors (Lipinski definition) is 5. The van der Waals surface area contributed by atoms with E-state index in [0.717, 1.165) is 50.7 Å². The molecule has 0 saturated carbocycles. The van der Waals surface area contributed by atoms with Crippen LogP contribution in [0.15, 0.2) is 12.4 Å². The van der Waals surface area contributed by atoms with E-state index >= 15 is 0 Å². The van der Waals surface area contributed by atoms with E-state index in [4.69, 9.17) is 4.74 Å². The lowest BCUT2D eigenvalue weighted by Gasteiger charge is -2.37. The molecule has 0 aliphatic carbocycles. The van der Waals surface area contributed by atoms with Crippen molar-refractivity contribution in [2.45, 2.75) is 46.1 Å². The molecule has 2 aromatic rings. The largest absolute Gasteiger partial charge is 0.381 e. The van der Waals surface area contributed by atoms with E-state index < -0.39 is 0 Å². The second kappa shape index (κ2) is 7.07. The molecule has 0 aromatic carbocycles. The summed E-state index contributed by atoms with van der Waals surface area (Å²) in [5.41, 5.74) is 1.38. The summed E-state index contributed by atoms with van der Waals surface area (Å²) in [5.74, 6) is 1.67. The fourth-order valence-corrected chi connectivity index (χ4v) is 4.52. The number of aromatic nitrogens is 5. The third-order valence-corrected chi connectivity index (χ3v) is 5.87. The quantitative estimate of drug-likeness (QED) is 0.887. The van der Waals surface area contributed by atoms with Gasteiger partial charge in [0.1, 0.15) is 17.8 Å². The highest BCUT2D eigenvalue weighted by atomic mass is 16.5. The summed E-state index contributed by atoms with van der Waals surface area (Å²) in [6.07, 6.45) is 3.70. The van der Waals surface area contributed by atoms with E-state index in [-0.39, 0.29) is 17.2 Å². The van der Waals surface area contributed by atoms with Crippen molar-refractivity contribution in [3.63, 3.8) is 0 Å². The predicted molar refractivity (Wildman–Crippen MR) is 99.3 cm³/mol. The molecule has 4 rings (SSSR count). The zero-order valence-corrected chi connectivity index (χ0v) is 16.3. The van der Waals surface area contributed by atoms with Crippen molar-refractivity contribution in [2.75, 3.05) is 26.3 Å². The molecule has 2 saturated heterocycles. The number of nitrogens with zero attached hydrogens (tertiary/aromatic N) is 5. The molecule has 1 amide bonds. The zero-order chi connectivity index (χ0) is 19.0. The van der Waals surface area contributed by atoms with Crippen molar-refractivity contribution in [1.29, 1.82) is 0 Å². The van der Waals surface area contributed by atoms with Crippen LogP contribution in [0.5, 0.6) is 0 Å². The second-order valence-electron chi connectivity index (χ2n) is 8.38. The lowest BCUT2D eigenvalue weighted by Crippen LogP contribution is -2.38. The molecule has 2 fully saturated rings. The predicted octanol–water partition coefficient (Wildman–Crippen LogP) is 2.00. The average molecular weight is 372 g/mol. The van der Waals surface area contributed by atoms with Gasteiger partial charge in [-0.25, -0.2) is 0 Å². The van der Waals surface area contributed by atoms with Crippen molar-refractivity contribution in [3.8, 4) is 0 Å². The second-order valence-corrected chi connectivity index (χ2v) is 8.38. The minimum Gasteiger partial charge on any atom is -0.381 e. The maximum absolute atomic E-state index is 13.0. The Kier molecular flexibility index (Phi) is 4.75. The zero-order valence-electron chi connectivity index (χ0n) is 16.3. The summed E-state index contributed by atoms with van der Waals surface area (Å²) >= 11 is 0. The van der Waals surface area contributed by atoms with Crippen molar-refractivity contribution in [3.05, 3.63) is 29.6 Å². The Bertz CT molecular complexity index is 805. The minimum absolute atomic E-state index is 0.00102. The van der Waals surface area contributed by atoms with E-state index in [0.29, 0.717) is 18.2 Å². The summed E-state index contributed by atoms with van der Waals surface area (Å²) in [6.45, 7) is 10.0. The summed E-state index contributed by atoms with van der Waals surface area (Å²) in [4.78, 5) is 15.0. The first-order valence-electron chi connectivity index (χ1n) is 9.75. The molecule has 1 N–H and O–H groups in total. The molecule has 27 heavy (non-hydrogen) atoms. The molecule has 2 aromatic heterocycles. The highest BCUT2D eigenvalue weighted by Crippen LogP contribution is 2.49. The van der Waals surface area contributed by atoms with Crippen LogP contribution in [0, 0.1) is 18.3 Å². The molecule has 146 valence electrons. The van der Waals surface area contributed by atoms with Crippen LogP contribution in [-0.2, 0) is 11.3 Å². The Morgan fingerprint density at radius 2 is 2.19 bits per heavy atom. The number of rotatable bonds is 4. The lowest BCUT2D eigenvalue weighted by molar-refractivity contribution is 0.0106. The molecule has 8 nitrogen and oxygen atoms in total. The van der Waals surface area contributed by atoms with Crippen LogP contribution in [0.2, 0.25) is 0 Å². The van der Waals surface area contributed by atoms with E-state index in [9.17, 15) is 4.79 Å². The Morgan fingerprint density at radius 3 is 2.85 bits per heavy atom. The van der Waals surface area contributed by atoms with Crippen LogP contribution in [0.4, 0.5) is 0 Å². The molecule has 4 heterocycles. The number of ether oxygens (including phenoxy) is 1. The van der Waals surface area contributed by atoms with Gasteiger partial charge in [0.05, 0.1) is 0 Å². The SMILES string of the molecule is Cc1cc(C(=O)N2CC(c3nncn3CC(C)C)C3(CCOCC3)C2)n[nH]1. The van der Waals surface area contributed by atoms with Crippen molar-refractivity contribution < 1.29 is 9.53 Å². The maximum Gasteiger partial charge on any atom is 0.274 e. The van der Waals surface area contributed by atoms with Gasteiger partial charge in [-0.05, 0) is 31.7 Å². The fourth-order valence-electron chi connectivity index (χ4n) is 4.52. The first kappa shape index (κ1) is 18.2.